The maximum absolute atomic E-state index is 10.5. The van der Waals surface area contributed by atoms with E-state index in [1.807, 2.05) is 13.8 Å². The molecule has 1 aliphatic carbocycles. The van der Waals surface area contributed by atoms with Gasteiger partial charge in [0.15, 0.2) is 12.2 Å². The number of hydrogen-bond donors (Lipinski definition) is 0. The summed E-state index contributed by atoms with van der Waals surface area (Å²) < 4.78 is 9.65. The SMILES string of the molecule is CC1=C(C)C2OC(=O)OC12. The second-order valence-electron chi connectivity index (χ2n) is 2.69. The van der Waals surface area contributed by atoms with Gasteiger partial charge in [-0.05, 0) is 25.0 Å². The fourth-order valence-corrected chi connectivity index (χ4v) is 1.34. The van der Waals surface area contributed by atoms with Gasteiger partial charge in [0.2, 0.25) is 0 Å². The molecule has 0 spiro atoms. The van der Waals surface area contributed by atoms with Crippen LogP contribution in [0, 0.1) is 0 Å². The topological polar surface area (TPSA) is 35.5 Å². The quantitative estimate of drug-likeness (QED) is 0.375. The molecule has 54 valence electrons. The number of carbonyl (C=O) groups is 1. The Balaban J connectivity index is 2.26. The van der Waals surface area contributed by atoms with Crippen LogP contribution in [0.25, 0.3) is 0 Å². The monoisotopic (exact) mass is 140 g/mol. The zero-order valence-corrected chi connectivity index (χ0v) is 5.88. The Morgan fingerprint density at radius 1 is 1.10 bits per heavy atom. The maximum atomic E-state index is 10.5. The van der Waals surface area contributed by atoms with Crippen LogP contribution in [-0.4, -0.2) is 18.4 Å². The standard InChI is InChI=1S/C7H8O3/c1-3-4(2)6-5(3)9-7(8)10-6/h5-6H,1-2H3. The third-order valence-electron chi connectivity index (χ3n) is 2.20. The summed E-state index contributed by atoms with van der Waals surface area (Å²) in [6.45, 7) is 3.91. The molecular weight excluding hydrogens is 132 g/mol. The van der Waals surface area contributed by atoms with E-state index in [4.69, 9.17) is 9.47 Å². The molecule has 3 heteroatoms. The van der Waals surface area contributed by atoms with E-state index in [1.165, 1.54) is 0 Å². The number of rotatable bonds is 0. The number of ether oxygens (including phenoxy) is 2. The summed E-state index contributed by atoms with van der Waals surface area (Å²) in [5.41, 5.74) is 2.27. The summed E-state index contributed by atoms with van der Waals surface area (Å²) >= 11 is 0. The molecule has 2 unspecified atom stereocenters. The molecule has 2 aliphatic rings. The molecule has 2 rings (SSSR count). The lowest BCUT2D eigenvalue weighted by atomic mass is 9.85. The fraction of sp³-hybridized carbons (Fsp3) is 0.571. The van der Waals surface area contributed by atoms with Crippen molar-refractivity contribution in [1.82, 2.24) is 0 Å². The lowest BCUT2D eigenvalue weighted by Crippen LogP contribution is -2.35. The van der Waals surface area contributed by atoms with Crippen LogP contribution in [0.4, 0.5) is 4.79 Å². The van der Waals surface area contributed by atoms with Gasteiger partial charge in [0, 0.05) is 0 Å². The van der Waals surface area contributed by atoms with Crippen molar-refractivity contribution in [2.24, 2.45) is 0 Å². The molecule has 1 fully saturated rings. The summed E-state index contributed by atoms with van der Waals surface area (Å²) in [7, 11) is 0. The van der Waals surface area contributed by atoms with Gasteiger partial charge in [0.05, 0.1) is 0 Å². The first kappa shape index (κ1) is 5.77. The van der Waals surface area contributed by atoms with E-state index >= 15 is 0 Å². The van der Waals surface area contributed by atoms with Crippen molar-refractivity contribution in [2.45, 2.75) is 26.1 Å². The molecule has 3 nitrogen and oxygen atoms in total. The van der Waals surface area contributed by atoms with Gasteiger partial charge in [0.1, 0.15) is 0 Å². The van der Waals surface area contributed by atoms with Crippen LogP contribution in [0.15, 0.2) is 11.1 Å². The molecule has 0 radical (unpaired) electrons. The van der Waals surface area contributed by atoms with Gasteiger partial charge < -0.3 is 9.47 Å². The van der Waals surface area contributed by atoms with E-state index in [2.05, 4.69) is 0 Å². The molecule has 0 saturated carbocycles. The van der Waals surface area contributed by atoms with Crippen LogP contribution in [0.2, 0.25) is 0 Å². The Kier molecular flexibility index (Phi) is 0.886. The first-order valence-corrected chi connectivity index (χ1v) is 3.24. The third-order valence-corrected chi connectivity index (χ3v) is 2.20. The highest BCUT2D eigenvalue weighted by Gasteiger charge is 2.47. The highest BCUT2D eigenvalue weighted by molar-refractivity contribution is 5.66. The Morgan fingerprint density at radius 3 is 1.90 bits per heavy atom. The van der Waals surface area contributed by atoms with Gasteiger partial charge in [-0.3, -0.25) is 0 Å². The van der Waals surface area contributed by atoms with E-state index in [0.29, 0.717) is 0 Å². The highest BCUT2D eigenvalue weighted by atomic mass is 16.8. The van der Waals surface area contributed by atoms with Gasteiger partial charge in [-0.15, -0.1) is 0 Å². The molecule has 1 heterocycles. The molecule has 0 N–H and O–H groups in total. The third kappa shape index (κ3) is 0.478. The normalized spacial score (nSPS) is 36.4. The predicted octanol–water partition coefficient (Wildman–Crippen LogP) is 1.24. The van der Waals surface area contributed by atoms with Crippen molar-refractivity contribution in [3.63, 3.8) is 0 Å². The molecule has 0 aromatic heterocycles. The maximum Gasteiger partial charge on any atom is 0.509 e. The summed E-state index contributed by atoms with van der Waals surface area (Å²) in [4.78, 5) is 10.5. The Hall–Kier alpha value is -0.990. The largest absolute Gasteiger partial charge is 0.509 e. The molecule has 1 saturated heterocycles. The average molecular weight is 140 g/mol. The Bertz CT molecular complexity index is 207. The van der Waals surface area contributed by atoms with Gasteiger partial charge >= 0.3 is 6.16 Å². The van der Waals surface area contributed by atoms with Crippen LogP contribution >= 0.6 is 0 Å². The van der Waals surface area contributed by atoms with Crippen LogP contribution in [0.5, 0.6) is 0 Å². The van der Waals surface area contributed by atoms with Crippen LogP contribution in [-0.2, 0) is 9.47 Å². The minimum absolute atomic E-state index is 0.0764. The minimum Gasteiger partial charge on any atom is -0.422 e. The molecular formula is C7H8O3. The van der Waals surface area contributed by atoms with Crippen LogP contribution in [0.1, 0.15) is 13.8 Å². The number of fused-ring (bicyclic) bond motifs is 1. The van der Waals surface area contributed by atoms with Gasteiger partial charge in [0.25, 0.3) is 0 Å². The minimum atomic E-state index is -0.536. The summed E-state index contributed by atoms with van der Waals surface area (Å²) in [6.07, 6.45) is -0.689. The fourth-order valence-electron chi connectivity index (χ4n) is 1.34. The molecule has 0 amide bonds. The highest BCUT2D eigenvalue weighted by Crippen LogP contribution is 2.37. The zero-order chi connectivity index (χ0) is 7.30. The van der Waals surface area contributed by atoms with Crippen molar-refractivity contribution in [3.8, 4) is 0 Å². The molecule has 0 aromatic carbocycles. The van der Waals surface area contributed by atoms with Crippen molar-refractivity contribution < 1.29 is 14.3 Å². The summed E-state index contributed by atoms with van der Waals surface area (Å²) in [5, 5.41) is 0. The summed E-state index contributed by atoms with van der Waals surface area (Å²) in [5.74, 6) is 0. The van der Waals surface area contributed by atoms with Crippen molar-refractivity contribution in [2.75, 3.05) is 0 Å². The van der Waals surface area contributed by atoms with Gasteiger partial charge in [-0.2, -0.15) is 0 Å². The predicted molar refractivity (Wildman–Crippen MR) is 33.5 cm³/mol. The van der Waals surface area contributed by atoms with Crippen molar-refractivity contribution in [3.05, 3.63) is 11.1 Å². The smallest absolute Gasteiger partial charge is 0.422 e. The second-order valence-corrected chi connectivity index (χ2v) is 2.69. The molecule has 10 heavy (non-hydrogen) atoms. The van der Waals surface area contributed by atoms with Crippen molar-refractivity contribution in [1.29, 1.82) is 0 Å². The molecule has 0 bridgehead atoms. The Morgan fingerprint density at radius 2 is 1.50 bits per heavy atom. The molecule has 0 aromatic rings. The molecule has 1 aliphatic heterocycles. The molecule has 2 atom stereocenters. The lowest BCUT2D eigenvalue weighted by molar-refractivity contribution is 0.123. The van der Waals surface area contributed by atoms with E-state index < -0.39 is 6.16 Å². The second kappa shape index (κ2) is 1.54. The summed E-state index contributed by atoms with van der Waals surface area (Å²) in [6, 6.07) is 0. The Labute approximate surface area is 58.6 Å². The van der Waals surface area contributed by atoms with E-state index in [9.17, 15) is 4.79 Å². The first-order chi connectivity index (χ1) is 4.70. The lowest BCUT2D eigenvalue weighted by Gasteiger charge is -2.28. The van der Waals surface area contributed by atoms with Gasteiger partial charge in [-0.25, -0.2) is 4.79 Å². The van der Waals surface area contributed by atoms with E-state index in [-0.39, 0.29) is 12.2 Å². The first-order valence-electron chi connectivity index (χ1n) is 3.24. The average Bonchev–Trinajstić information content (AvgIpc) is 2.27. The number of hydrogen-bond acceptors (Lipinski definition) is 3. The zero-order valence-electron chi connectivity index (χ0n) is 5.88. The van der Waals surface area contributed by atoms with Crippen molar-refractivity contribution >= 4 is 6.16 Å². The van der Waals surface area contributed by atoms with Crippen LogP contribution in [0.3, 0.4) is 0 Å². The van der Waals surface area contributed by atoms with E-state index in [0.717, 1.165) is 11.1 Å². The van der Waals surface area contributed by atoms with Gasteiger partial charge in [-0.1, -0.05) is 0 Å². The van der Waals surface area contributed by atoms with Crippen LogP contribution < -0.4 is 0 Å². The van der Waals surface area contributed by atoms with E-state index in [1.54, 1.807) is 0 Å². The number of carbonyl (C=O) groups excluding carboxylic acids is 1.